The molecule has 0 spiro atoms. The average Bonchev–Trinajstić information content (AvgIpc) is 3.15. The van der Waals surface area contributed by atoms with Gasteiger partial charge in [0.25, 0.3) is 5.56 Å². The minimum absolute atomic E-state index is 0.137. The van der Waals surface area contributed by atoms with E-state index >= 15 is 0 Å². The summed E-state index contributed by atoms with van der Waals surface area (Å²) in [6.45, 7) is 1.58. The molecule has 0 radical (unpaired) electrons. The minimum Gasteiger partial charge on any atom is -0.309 e. The van der Waals surface area contributed by atoms with Crippen LogP contribution in [0.5, 0.6) is 0 Å². The quantitative estimate of drug-likeness (QED) is 0.794. The molecule has 1 aliphatic rings. The van der Waals surface area contributed by atoms with Gasteiger partial charge in [0.05, 0.1) is 12.7 Å². The Morgan fingerprint density at radius 3 is 3.12 bits per heavy atom. The number of halogens is 1. The first kappa shape index (κ1) is 15.4. The Hall–Kier alpha value is -2.18. The number of H-pyrrole nitrogens is 1. The van der Waals surface area contributed by atoms with Crippen molar-refractivity contribution in [3.8, 4) is 0 Å². The van der Waals surface area contributed by atoms with Gasteiger partial charge in [-0.15, -0.1) is 0 Å². The first-order valence-electron chi connectivity index (χ1n) is 8.02. The molecule has 3 aromatic rings. The average molecular weight is 344 g/mol. The summed E-state index contributed by atoms with van der Waals surface area (Å²) in [6.07, 6.45) is 3.75. The highest BCUT2D eigenvalue weighted by Crippen LogP contribution is 2.33. The highest BCUT2D eigenvalue weighted by molar-refractivity contribution is 6.30. The van der Waals surface area contributed by atoms with Gasteiger partial charge in [-0.05, 0) is 37.1 Å². The van der Waals surface area contributed by atoms with E-state index in [1.807, 2.05) is 18.2 Å². The number of nitrogens with one attached hydrogen (secondary N) is 1. The van der Waals surface area contributed by atoms with Gasteiger partial charge < -0.3 is 4.98 Å². The lowest BCUT2D eigenvalue weighted by Gasteiger charge is -2.24. The van der Waals surface area contributed by atoms with E-state index in [9.17, 15) is 4.79 Å². The van der Waals surface area contributed by atoms with Crippen LogP contribution in [0.2, 0.25) is 5.02 Å². The van der Waals surface area contributed by atoms with Crippen LogP contribution in [-0.4, -0.2) is 31.2 Å². The number of aromatic nitrogens is 4. The van der Waals surface area contributed by atoms with E-state index < -0.39 is 0 Å². The van der Waals surface area contributed by atoms with Gasteiger partial charge in [0.2, 0.25) is 0 Å². The third kappa shape index (κ3) is 2.72. The van der Waals surface area contributed by atoms with E-state index in [4.69, 9.17) is 11.6 Å². The summed E-state index contributed by atoms with van der Waals surface area (Å²) in [5.41, 5.74) is 1.69. The molecule has 1 aliphatic heterocycles. The van der Waals surface area contributed by atoms with Gasteiger partial charge in [-0.3, -0.25) is 14.4 Å². The number of aromatic amines is 1. The Bertz CT molecular complexity index is 948. The zero-order chi connectivity index (χ0) is 16.7. The first-order valence-corrected chi connectivity index (χ1v) is 8.40. The molecule has 1 fully saturated rings. The molecule has 0 bridgehead atoms. The van der Waals surface area contributed by atoms with Crippen LogP contribution in [0.25, 0.3) is 11.0 Å². The maximum Gasteiger partial charge on any atom is 0.262 e. The Morgan fingerprint density at radius 1 is 1.42 bits per heavy atom. The Balaban J connectivity index is 1.64. The number of rotatable bonds is 3. The summed E-state index contributed by atoms with van der Waals surface area (Å²) in [6, 6.07) is 8.30. The Kier molecular flexibility index (Phi) is 3.86. The number of nitrogens with zero attached hydrogens (tertiary/aromatic N) is 4. The molecular weight excluding hydrogens is 326 g/mol. The fourth-order valence-electron chi connectivity index (χ4n) is 3.45. The van der Waals surface area contributed by atoms with Crippen LogP contribution in [0, 0.1) is 0 Å². The summed E-state index contributed by atoms with van der Waals surface area (Å²) < 4.78 is 1.63. The molecule has 0 amide bonds. The van der Waals surface area contributed by atoms with Crippen LogP contribution in [0.15, 0.2) is 35.3 Å². The second-order valence-electron chi connectivity index (χ2n) is 6.20. The summed E-state index contributed by atoms with van der Waals surface area (Å²) in [5.74, 6) is 0.671. The van der Waals surface area contributed by atoms with E-state index in [-0.39, 0.29) is 5.56 Å². The zero-order valence-corrected chi connectivity index (χ0v) is 14.1. The number of likely N-dealkylation sites (tertiary alicyclic amines) is 1. The predicted octanol–water partition coefficient (Wildman–Crippen LogP) is 2.65. The number of aryl methyl sites for hydroxylation is 1. The molecule has 0 aliphatic carbocycles. The third-order valence-corrected chi connectivity index (χ3v) is 4.84. The molecule has 1 atom stereocenters. The molecular formula is C17H18ClN5O. The monoisotopic (exact) mass is 343 g/mol. The van der Waals surface area contributed by atoms with Crippen molar-refractivity contribution in [2.45, 2.75) is 25.4 Å². The standard InChI is InChI=1S/C17H18ClN5O/c1-22-16-13(9-19-22)17(24)21-15(20-16)10-23-7-3-6-14(23)11-4-2-5-12(18)8-11/h2,4-5,8-9,14H,3,6-7,10H2,1H3,(H,20,21,24)/t14-/m0/s1. The second-order valence-corrected chi connectivity index (χ2v) is 6.64. The summed E-state index contributed by atoms with van der Waals surface area (Å²) in [4.78, 5) is 22.0. The minimum atomic E-state index is -0.137. The third-order valence-electron chi connectivity index (χ3n) is 4.60. The molecule has 1 aromatic carbocycles. The van der Waals surface area contributed by atoms with Gasteiger partial charge in [-0.1, -0.05) is 23.7 Å². The summed E-state index contributed by atoms with van der Waals surface area (Å²) in [5, 5.41) is 5.38. The Labute approximate surface area is 144 Å². The van der Waals surface area contributed by atoms with E-state index in [1.165, 1.54) is 5.56 Å². The van der Waals surface area contributed by atoms with Gasteiger partial charge in [0, 0.05) is 18.1 Å². The molecule has 2 aromatic heterocycles. The topological polar surface area (TPSA) is 66.8 Å². The highest BCUT2D eigenvalue weighted by Gasteiger charge is 2.27. The van der Waals surface area contributed by atoms with Crippen molar-refractivity contribution in [3.63, 3.8) is 0 Å². The lowest BCUT2D eigenvalue weighted by Crippen LogP contribution is -2.25. The number of hydrogen-bond acceptors (Lipinski definition) is 4. The van der Waals surface area contributed by atoms with Crippen molar-refractivity contribution in [1.82, 2.24) is 24.6 Å². The van der Waals surface area contributed by atoms with E-state index in [2.05, 4.69) is 26.0 Å². The molecule has 6 nitrogen and oxygen atoms in total. The molecule has 1 N–H and O–H groups in total. The van der Waals surface area contributed by atoms with Crippen LogP contribution in [-0.2, 0) is 13.6 Å². The second kappa shape index (κ2) is 6.03. The molecule has 124 valence electrons. The van der Waals surface area contributed by atoms with Crippen molar-refractivity contribution in [2.75, 3.05) is 6.54 Å². The fraction of sp³-hybridized carbons (Fsp3) is 0.353. The van der Waals surface area contributed by atoms with E-state index in [0.29, 0.717) is 29.4 Å². The van der Waals surface area contributed by atoms with Crippen molar-refractivity contribution < 1.29 is 0 Å². The lowest BCUT2D eigenvalue weighted by molar-refractivity contribution is 0.242. The molecule has 24 heavy (non-hydrogen) atoms. The Morgan fingerprint density at radius 2 is 2.29 bits per heavy atom. The molecule has 3 heterocycles. The molecule has 7 heteroatoms. The van der Waals surface area contributed by atoms with Crippen LogP contribution in [0.1, 0.15) is 30.3 Å². The van der Waals surface area contributed by atoms with Crippen LogP contribution >= 0.6 is 11.6 Å². The van der Waals surface area contributed by atoms with Gasteiger partial charge in [0.1, 0.15) is 11.2 Å². The lowest BCUT2D eigenvalue weighted by atomic mass is 10.0. The maximum absolute atomic E-state index is 12.2. The van der Waals surface area contributed by atoms with Crippen LogP contribution < -0.4 is 5.56 Å². The maximum atomic E-state index is 12.2. The number of fused-ring (bicyclic) bond motifs is 1. The first-order chi connectivity index (χ1) is 11.6. The van der Waals surface area contributed by atoms with Crippen molar-refractivity contribution in [1.29, 1.82) is 0 Å². The van der Waals surface area contributed by atoms with Gasteiger partial charge >= 0.3 is 0 Å². The van der Waals surface area contributed by atoms with Crippen LogP contribution in [0.3, 0.4) is 0 Å². The fourth-order valence-corrected chi connectivity index (χ4v) is 3.65. The smallest absolute Gasteiger partial charge is 0.262 e. The van der Waals surface area contributed by atoms with Crippen LogP contribution in [0.4, 0.5) is 0 Å². The highest BCUT2D eigenvalue weighted by atomic mass is 35.5. The molecule has 0 unspecified atom stereocenters. The van der Waals surface area contributed by atoms with Crippen molar-refractivity contribution >= 4 is 22.6 Å². The zero-order valence-electron chi connectivity index (χ0n) is 13.4. The van der Waals surface area contributed by atoms with Crippen molar-refractivity contribution in [2.24, 2.45) is 7.05 Å². The normalized spacial score (nSPS) is 18.5. The summed E-state index contributed by atoms with van der Waals surface area (Å²) in [7, 11) is 1.79. The molecule has 4 rings (SSSR count). The SMILES string of the molecule is Cn1ncc2c(=O)[nH]c(CN3CCC[C@H]3c3cccc(Cl)c3)nc21. The molecule has 0 saturated carbocycles. The van der Waals surface area contributed by atoms with Gasteiger partial charge in [-0.2, -0.15) is 5.10 Å². The van der Waals surface area contributed by atoms with Gasteiger partial charge in [-0.25, -0.2) is 4.98 Å². The predicted molar refractivity (Wildman–Crippen MR) is 93.0 cm³/mol. The van der Waals surface area contributed by atoms with E-state index in [1.54, 1.807) is 17.9 Å². The summed E-state index contributed by atoms with van der Waals surface area (Å²) >= 11 is 6.13. The number of benzene rings is 1. The number of hydrogen-bond donors (Lipinski definition) is 1. The van der Waals surface area contributed by atoms with Gasteiger partial charge in [0.15, 0.2) is 5.65 Å². The van der Waals surface area contributed by atoms with E-state index in [0.717, 1.165) is 24.4 Å². The molecule has 1 saturated heterocycles. The largest absolute Gasteiger partial charge is 0.309 e. The van der Waals surface area contributed by atoms with Crippen molar-refractivity contribution in [3.05, 3.63) is 57.2 Å².